The van der Waals surface area contributed by atoms with Crippen LogP contribution in [0.5, 0.6) is 0 Å². The molecule has 0 bridgehead atoms. The summed E-state index contributed by atoms with van der Waals surface area (Å²) in [6, 6.07) is 0.354. The van der Waals surface area contributed by atoms with Crippen LogP contribution < -0.4 is 0 Å². The first-order valence-corrected chi connectivity index (χ1v) is 5.87. The highest BCUT2D eigenvalue weighted by molar-refractivity contribution is 5.68. The van der Waals surface area contributed by atoms with E-state index < -0.39 is 5.97 Å². The Balaban J connectivity index is 2.29. The zero-order valence-corrected chi connectivity index (χ0v) is 9.81. The molecule has 1 aromatic heterocycles. The molecule has 1 atom stereocenters. The first-order valence-electron chi connectivity index (χ1n) is 5.87. The van der Waals surface area contributed by atoms with Gasteiger partial charge in [-0.15, -0.1) is 0 Å². The molecule has 4 heteroatoms. The summed E-state index contributed by atoms with van der Waals surface area (Å²) in [4.78, 5) is 10.8. The van der Waals surface area contributed by atoms with Crippen molar-refractivity contribution in [3.63, 3.8) is 0 Å². The highest BCUT2D eigenvalue weighted by Crippen LogP contribution is 2.34. The average Bonchev–Trinajstić information content (AvgIpc) is 2.61. The molecule has 1 unspecified atom stereocenters. The van der Waals surface area contributed by atoms with E-state index in [1.54, 1.807) is 0 Å². The molecule has 4 nitrogen and oxygen atoms in total. The molecular formula is C12H18N2O2. The van der Waals surface area contributed by atoms with Crippen LogP contribution in [0, 0.1) is 0 Å². The molecular weight excluding hydrogens is 204 g/mol. The minimum Gasteiger partial charge on any atom is -0.481 e. The summed E-state index contributed by atoms with van der Waals surface area (Å²) in [7, 11) is 0. The van der Waals surface area contributed by atoms with Crippen molar-refractivity contribution in [3.8, 4) is 0 Å². The number of hydrogen-bond acceptors (Lipinski definition) is 2. The fraction of sp³-hybridized carbons (Fsp3) is 0.667. The third-order valence-corrected chi connectivity index (χ3v) is 3.25. The Kier molecular flexibility index (Phi) is 2.99. The molecule has 88 valence electrons. The molecule has 1 aromatic rings. The van der Waals surface area contributed by atoms with Gasteiger partial charge in [0.15, 0.2) is 0 Å². The van der Waals surface area contributed by atoms with Gasteiger partial charge in [-0.1, -0.05) is 0 Å². The van der Waals surface area contributed by atoms with E-state index in [9.17, 15) is 4.79 Å². The van der Waals surface area contributed by atoms with Crippen LogP contribution in [0.1, 0.15) is 56.3 Å². The van der Waals surface area contributed by atoms with E-state index in [-0.39, 0.29) is 12.3 Å². The molecule has 0 aliphatic heterocycles. The molecule has 0 saturated carbocycles. The Labute approximate surface area is 95.3 Å². The SMILES string of the molecule is CC(C)n1ncc2c1CCCC2CC(=O)O. The summed E-state index contributed by atoms with van der Waals surface area (Å²) in [5, 5.41) is 13.3. The molecule has 1 N–H and O–H groups in total. The molecule has 0 radical (unpaired) electrons. The molecule has 0 amide bonds. The molecule has 16 heavy (non-hydrogen) atoms. The topological polar surface area (TPSA) is 55.1 Å². The third kappa shape index (κ3) is 1.96. The Bertz CT molecular complexity index is 396. The number of hydrogen-bond donors (Lipinski definition) is 1. The van der Waals surface area contributed by atoms with Gasteiger partial charge in [0, 0.05) is 11.7 Å². The van der Waals surface area contributed by atoms with Crippen molar-refractivity contribution >= 4 is 5.97 Å². The first kappa shape index (κ1) is 11.2. The van der Waals surface area contributed by atoms with Crippen molar-refractivity contribution in [2.45, 2.75) is 51.5 Å². The first-order chi connectivity index (χ1) is 7.59. The standard InChI is InChI=1S/C12H18N2O2/c1-8(2)14-11-5-3-4-9(6-12(15)16)10(11)7-13-14/h7-9H,3-6H2,1-2H3,(H,15,16). The zero-order chi connectivity index (χ0) is 11.7. The third-order valence-electron chi connectivity index (χ3n) is 3.25. The van der Waals surface area contributed by atoms with Gasteiger partial charge in [0.25, 0.3) is 0 Å². The van der Waals surface area contributed by atoms with Crippen molar-refractivity contribution in [2.75, 3.05) is 0 Å². The maximum atomic E-state index is 10.8. The van der Waals surface area contributed by atoms with Crippen molar-refractivity contribution in [2.24, 2.45) is 0 Å². The van der Waals surface area contributed by atoms with Gasteiger partial charge >= 0.3 is 5.97 Å². The fourth-order valence-electron chi connectivity index (χ4n) is 2.54. The van der Waals surface area contributed by atoms with Gasteiger partial charge < -0.3 is 5.11 Å². The summed E-state index contributed by atoms with van der Waals surface area (Å²) in [6.45, 7) is 4.21. The molecule has 0 spiro atoms. The smallest absolute Gasteiger partial charge is 0.303 e. The normalized spacial score (nSPS) is 19.8. The van der Waals surface area contributed by atoms with Crippen LogP contribution in [0.25, 0.3) is 0 Å². The molecule has 1 heterocycles. The van der Waals surface area contributed by atoms with E-state index in [1.165, 1.54) is 5.69 Å². The lowest BCUT2D eigenvalue weighted by Crippen LogP contribution is -2.16. The van der Waals surface area contributed by atoms with Crippen LogP contribution in [-0.4, -0.2) is 20.9 Å². The minimum absolute atomic E-state index is 0.161. The Morgan fingerprint density at radius 1 is 1.69 bits per heavy atom. The maximum Gasteiger partial charge on any atom is 0.303 e. The van der Waals surface area contributed by atoms with Crippen LogP contribution in [-0.2, 0) is 11.2 Å². The minimum atomic E-state index is -0.713. The summed E-state index contributed by atoms with van der Waals surface area (Å²) >= 11 is 0. The van der Waals surface area contributed by atoms with Gasteiger partial charge in [0.2, 0.25) is 0 Å². The van der Waals surface area contributed by atoms with Gasteiger partial charge in [-0.25, -0.2) is 0 Å². The number of carbonyl (C=O) groups is 1. The van der Waals surface area contributed by atoms with Crippen LogP contribution in [0.15, 0.2) is 6.20 Å². The predicted octanol–water partition coefficient (Wildman–Crippen LogP) is 2.36. The number of nitrogens with zero attached hydrogens (tertiary/aromatic N) is 2. The highest BCUT2D eigenvalue weighted by Gasteiger charge is 2.26. The summed E-state index contributed by atoms with van der Waals surface area (Å²) < 4.78 is 2.03. The number of rotatable bonds is 3. The molecule has 1 aliphatic carbocycles. The van der Waals surface area contributed by atoms with E-state index in [0.29, 0.717) is 6.04 Å². The van der Waals surface area contributed by atoms with Crippen molar-refractivity contribution < 1.29 is 9.90 Å². The van der Waals surface area contributed by atoms with E-state index in [0.717, 1.165) is 24.8 Å². The Morgan fingerprint density at radius 3 is 3.06 bits per heavy atom. The summed E-state index contributed by atoms with van der Waals surface area (Å²) in [6.07, 6.45) is 5.18. The monoisotopic (exact) mass is 222 g/mol. The van der Waals surface area contributed by atoms with E-state index in [4.69, 9.17) is 5.11 Å². The van der Waals surface area contributed by atoms with E-state index in [1.807, 2.05) is 10.9 Å². The number of aromatic nitrogens is 2. The Morgan fingerprint density at radius 2 is 2.44 bits per heavy atom. The number of aliphatic carboxylic acids is 1. The molecule has 2 rings (SSSR count). The second kappa shape index (κ2) is 4.28. The lowest BCUT2D eigenvalue weighted by Gasteiger charge is -2.22. The molecule has 0 fully saturated rings. The average molecular weight is 222 g/mol. The van der Waals surface area contributed by atoms with Crippen LogP contribution >= 0.6 is 0 Å². The van der Waals surface area contributed by atoms with Crippen LogP contribution in [0.2, 0.25) is 0 Å². The fourth-order valence-corrected chi connectivity index (χ4v) is 2.54. The van der Waals surface area contributed by atoms with E-state index in [2.05, 4.69) is 18.9 Å². The highest BCUT2D eigenvalue weighted by atomic mass is 16.4. The van der Waals surface area contributed by atoms with Crippen LogP contribution in [0.3, 0.4) is 0 Å². The van der Waals surface area contributed by atoms with Gasteiger partial charge in [0.05, 0.1) is 12.6 Å². The van der Waals surface area contributed by atoms with Gasteiger partial charge in [-0.05, 0) is 44.6 Å². The van der Waals surface area contributed by atoms with Crippen molar-refractivity contribution in [1.29, 1.82) is 0 Å². The predicted molar refractivity (Wildman–Crippen MR) is 60.5 cm³/mol. The molecule has 0 aromatic carbocycles. The number of fused-ring (bicyclic) bond motifs is 1. The largest absolute Gasteiger partial charge is 0.481 e. The Hall–Kier alpha value is -1.32. The lowest BCUT2D eigenvalue weighted by molar-refractivity contribution is -0.137. The van der Waals surface area contributed by atoms with E-state index >= 15 is 0 Å². The maximum absolute atomic E-state index is 10.8. The van der Waals surface area contributed by atoms with Crippen molar-refractivity contribution in [1.82, 2.24) is 9.78 Å². The summed E-state index contributed by atoms with van der Waals surface area (Å²) in [5.74, 6) is -0.552. The van der Waals surface area contributed by atoms with Gasteiger partial charge in [-0.3, -0.25) is 9.48 Å². The summed E-state index contributed by atoms with van der Waals surface area (Å²) in [5.41, 5.74) is 2.40. The van der Waals surface area contributed by atoms with Gasteiger partial charge in [-0.2, -0.15) is 5.10 Å². The second-order valence-electron chi connectivity index (χ2n) is 4.77. The quantitative estimate of drug-likeness (QED) is 0.854. The van der Waals surface area contributed by atoms with Gasteiger partial charge in [0.1, 0.15) is 0 Å². The second-order valence-corrected chi connectivity index (χ2v) is 4.77. The lowest BCUT2D eigenvalue weighted by atomic mass is 9.85. The van der Waals surface area contributed by atoms with Crippen LogP contribution in [0.4, 0.5) is 0 Å². The zero-order valence-electron chi connectivity index (χ0n) is 9.81. The number of carboxylic acids is 1. The number of carboxylic acid groups (broad SMARTS) is 1. The van der Waals surface area contributed by atoms with Crippen molar-refractivity contribution in [3.05, 3.63) is 17.5 Å². The molecule has 0 saturated heterocycles. The molecule has 1 aliphatic rings.